The van der Waals surface area contributed by atoms with Crippen LogP contribution in [0.5, 0.6) is 0 Å². The zero-order chi connectivity index (χ0) is 12.0. The monoisotopic (exact) mass is 337 g/mol. The van der Waals surface area contributed by atoms with Crippen LogP contribution in [-0.2, 0) is 6.54 Å². The second-order valence-electron chi connectivity index (χ2n) is 4.77. The molecule has 0 aliphatic carbocycles. The molecule has 0 atom stereocenters. The Kier molecular flexibility index (Phi) is 8.56. The van der Waals surface area contributed by atoms with E-state index in [-0.39, 0.29) is 12.4 Å². The highest BCUT2D eigenvalue weighted by molar-refractivity contribution is 9.10. The molecule has 4 heteroatoms. The van der Waals surface area contributed by atoms with Gasteiger partial charge < -0.3 is 5.32 Å². The van der Waals surface area contributed by atoms with Crippen LogP contribution in [0, 0.1) is 0 Å². The van der Waals surface area contributed by atoms with Gasteiger partial charge in [-0.2, -0.15) is 11.8 Å². The first-order valence-corrected chi connectivity index (χ1v) is 7.34. The summed E-state index contributed by atoms with van der Waals surface area (Å²) in [6.07, 6.45) is 0. The molecule has 0 aromatic heterocycles. The lowest BCUT2D eigenvalue weighted by Gasteiger charge is -2.17. The number of hydrogen-bond donors (Lipinski definition) is 1. The number of benzene rings is 1. The third-order valence-corrected chi connectivity index (χ3v) is 3.80. The maximum absolute atomic E-state index is 3.48. The second kappa shape index (κ2) is 8.41. The molecule has 98 valence electrons. The molecule has 0 aliphatic rings. The molecule has 1 N–H and O–H groups in total. The van der Waals surface area contributed by atoms with Crippen LogP contribution in [0.25, 0.3) is 0 Å². The molecule has 0 aliphatic heterocycles. The third-order valence-electron chi connectivity index (χ3n) is 2.03. The van der Waals surface area contributed by atoms with Crippen molar-refractivity contribution in [1.29, 1.82) is 0 Å². The molecule has 1 aromatic carbocycles. The maximum Gasteiger partial charge on any atom is 0.0206 e. The fraction of sp³-hybridized carbons (Fsp3) is 0.538. The lowest BCUT2D eigenvalue weighted by Crippen LogP contribution is -2.19. The Morgan fingerprint density at radius 3 is 2.59 bits per heavy atom. The Labute approximate surface area is 124 Å². The van der Waals surface area contributed by atoms with Crippen molar-refractivity contribution >= 4 is 40.1 Å². The van der Waals surface area contributed by atoms with Gasteiger partial charge in [0.2, 0.25) is 0 Å². The van der Waals surface area contributed by atoms with Crippen LogP contribution < -0.4 is 5.32 Å². The Morgan fingerprint density at radius 1 is 1.29 bits per heavy atom. The van der Waals surface area contributed by atoms with Crippen LogP contribution in [0.3, 0.4) is 0 Å². The van der Waals surface area contributed by atoms with E-state index in [9.17, 15) is 0 Å². The normalized spacial score (nSPS) is 11.1. The van der Waals surface area contributed by atoms with Gasteiger partial charge in [0.05, 0.1) is 0 Å². The quantitative estimate of drug-likeness (QED) is 0.794. The number of hydrogen-bond acceptors (Lipinski definition) is 2. The summed E-state index contributed by atoms with van der Waals surface area (Å²) < 4.78 is 1.52. The topological polar surface area (TPSA) is 12.0 Å². The molecule has 0 unspecified atom stereocenters. The minimum Gasteiger partial charge on any atom is -0.312 e. The zero-order valence-electron chi connectivity index (χ0n) is 10.6. The summed E-state index contributed by atoms with van der Waals surface area (Å²) in [5.74, 6) is 1.16. The SMILES string of the molecule is CC(C)(C)SCCNCc1cccc(Br)c1.Cl. The van der Waals surface area contributed by atoms with E-state index >= 15 is 0 Å². The summed E-state index contributed by atoms with van der Waals surface area (Å²) in [6, 6.07) is 8.43. The van der Waals surface area contributed by atoms with Crippen LogP contribution in [-0.4, -0.2) is 17.0 Å². The van der Waals surface area contributed by atoms with Gasteiger partial charge in [-0.15, -0.1) is 12.4 Å². The Hall–Kier alpha value is 0.300. The van der Waals surface area contributed by atoms with Crippen molar-refractivity contribution in [3.8, 4) is 0 Å². The van der Waals surface area contributed by atoms with Crippen molar-refractivity contribution in [2.24, 2.45) is 0 Å². The fourth-order valence-corrected chi connectivity index (χ4v) is 2.61. The molecule has 17 heavy (non-hydrogen) atoms. The Morgan fingerprint density at radius 2 is 2.00 bits per heavy atom. The predicted molar refractivity (Wildman–Crippen MR) is 85.3 cm³/mol. The van der Waals surface area contributed by atoms with Gasteiger partial charge >= 0.3 is 0 Å². The molecule has 1 nitrogen and oxygen atoms in total. The molecule has 0 spiro atoms. The first kappa shape index (κ1) is 17.3. The van der Waals surface area contributed by atoms with Crippen molar-refractivity contribution in [3.63, 3.8) is 0 Å². The van der Waals surface area contributed by atoms with E-state index in [2.05, 4.69) is 66.3 Å². The summed E-state index contributed by atoms with van der Waals surface area (Å²) in [5.41, 5.74) is 1.33. The summed E-state index contributed by atoms with van der Waals surface area (Å²) in [6.45, 7) is 8.78. The molecule has 1 rings (SSSR count). The molecular weight excluding hydrogens is 318 g/mol. The Balaban J connectivity index is 0.00000256. The van der Waals surface area contributed by atoms with Gasteiger partial charge in [0.1, 0.15) is 0 Å². The van der Waals surface area contributed by atoms with E-state index in [4.69, 9.17) is 0 Å². The standard InChI is InChI=1S/C13H20BrNS.ClH/c1-13(2,3)16-8-7-15-10-11-5-4-6-12(14)9-11;/h4-6,9,15H,7-8,10H2,1-3H3;1H. The van der Waals surface area contributed by atoms with Crippen molar-refractivity contribution in [2.75, 3.05) is 12.3 Å². The summed E-state index contributed by atoms with van der Waals surface area (Å²) in [4.78, 5) is 0. The summed E-state index contributed by atoms with van der Waals surface area (Å²) in [5, 5.41) is 3.46. The highest BCUT2D eigenvalue weighted by Crippen LogP contribution is 2.22. The van der Waals surface area contributed by atoms with Gasteiger partial charge in [-0.25, -0.2) is 0 Å². The van der Waals surface area contributed by atoms with E-state index in [0.717, 1.165) is 23.3 Å². The Bertz CT molecular complexity index is 325. The van der Waals surface area contributed by atoms with Gasteiger partial charge in [0.25, 0.3) is 0 Å². The number of nitrogens with one attached hydrogen (secondary N) is 1. The number of halogens is 2. The van der Waals surface area contributed by atoms with E-state index < -0.39 is 0 Å². The van der Waals surface area contributed by atoms with E-state index in [1.165, 1.54) is 5.56 Å². The number of thioether (sulfide) groups is 1. The van der Waals surface area contributed by atoms with Crippen LogP contribution in [0.4, 0.5) is 0 Å². The first-order chi connectivity index (χ1) is 7.47. The van der Waals surface area contributed by atoms with Gasteiger partial charge in [-0.3, -0.25) is 0 Å². The second-order valence-corrected chi connectivity index (χ2v) is 7.60. The van der Waals surface area contributed by atoms with Crippen molar-refractivity contribution < 1.29 is 0 Å². The van der Waals surface area contributed by atoms with Crippen LogP contribution >= 0.6 is 40.1 Å². The smallest absolute Gasteiger partial charge is 0.0206 e. The summed E-state index contributed by atoms with van der Waals surface area (Å²) in [7, 11) is 0. The predicted octanol–water partition coefficient (Wildman–Crippen LogP) is 4.49. The van der Waals surface area contributed by atoms with Gasteiger partial charge in [-0.1, -0.05) is 48.8 Å². The largest absolute Gasteiger partial charge is 0.312 e. The van der Waals surface area contributed by atoms with Gasteiger partial charge in [-0.05, 0) is 17.7 Å². The minimum absolute atomic E-state index is 0. The zero-order valence-corrected chi connectivity index (χ0v) is 13.8. The first-order valence-electron chi connectivity index (χ1n) is 5.56. The van der Waals surface area contributed by atoms with Gasteiger partial charge in [0, 0.05) is 28.1 Å². The average Bonchev–Trinajstić information content (AvgIpc) is 2.15. The van der Waals surface area contributed by atoms with Crippen LogP contribution in [0.1, 0.15) is 26.3 Å². The van der Waals surface area contributed by atoms with E-state index in [0.29, 0.717) is 4.75 Å². The highest BCUT2D eigenvalue weighted by atomic mass is 79.9. The molecule has 0 heterocycles. The fourth-order valence-electron chi connectivity index (χ4n) is 1.31. The molecule has 1 aromatic rings. The van der Waals surface area contributed by atoms with Crippen molar-refractivity contribution in [3.05, 3.63) is 34.3 Å². The molecule has 0 fully saturated rings. The average molecular weight is 339 g/mol. The minimum atomic E-state index is 0. The maximum atomic E-state index is 3.48. The molecular formula is C13H21BrClNS. The van der Waals surface area contributed by atoms with Crippen LogP contribution in [0.2, 0.25) is 0 Å². The molecule has 0 bridgehead atoms. The lowest BCUT2D eigenvalue weighted by molar-refractivity contribution is 0.725. The molecule has 0 saturated heterocycles. The molecule has 0 saturated carbocycles. The molecule has 0 radical (unpaired) electrons. The highest BCUT2D eigenvalue weighted by Gasteiger charge is 2.08. The van der Waals surface area contributed by atoms with Crippen molar-refractivity contribution in [1.82, 2.24) is 5.32 Å². The van der Waals surface area contributed by atoms with Crippen LogP contribution in [0.15, 0.2) is 28.7 Å². The van der Waals surface area contributed by atoms with E-state index in [1.54, 1.807) is 0 Å². The third kappa shape index (κ3) is 8.95. The molecule has 0 amide bonds. The number of rotatable bonds is 5. The van der Waals surface area contributed by atoms with E-state index in [1.807, 2.05) is 11.8 Å². The van der Waals surface area contributed by atoms with Crippen molar-refractivity contribution in [2.45, 2.75) is 32.1 Å². The lowest BCUT2D eigenvalue weighted by atomic mass is 10.2. The summed E-state index contributed by atoms with van der Waals surface area (Å²) >= 11 is 5.48. The van der Waals surface area contributed by atoms with Gasteiger partial charge in [0.15, 0.2) is 0 Å².